The lowest BCUT2D eigenvalue weighted by molar-refractivity contribution is -0.115. The molecule has 0 saturated heterocycles. The number of hydrogen-bond donors (Lipinski definition) is 1. The van der Waals surface area contributed by atoms with Crippen molar-refractivity contribution in [1.82, 2.24) is 14.5 Å². The Bertz CT molecular complexity index is 1160. The van der Waals surface area contributed by atoms with Gasteiger partial charge in [0.2, 0.25) is 5.91 Å². The average molecular weight is 394 g/mol. The minimum Gasteiger partial charge on any atom is -0.332 e. The monoisotopic (exact) mass is 394 g/mol. The second kappa shape index (κ2) is 7.52. The number of pyridine rings is 1. The van der Waals surface area contributed by atoms with Crippen LogP contribution in [0.25, 0.3) is 21.6 Å². The fraction of sp³-hybridized carbons (Fsp3) is 0.190. The second-order valence-electron chi connectivity index (χ2n) is 6.53. The van der Waals surface area contributed by atoms with Crippen LogP contribution in [-0.4, -0.2) is 20.4 Å². The highest BCUT2D eigenvalue weighted by molar-refractivity contribution is 7.13. The molecule has 0 fully saturated rings. The third kappa shape index (κ3) is 3.53. The summed E-state index contributed by atoms with van der Waals surface area (Å²) >= 11 is 1.51. The van der Waals surface area contributed by atoms with Gasteiger partial charge in [0.05, 0.1) is 12.1 Å². The van der Waals surface area contributed by atoms with Crippen molar-refractivity contribution in [3.63, 3.8) is 0 Å². The van der Waals surface area contributed by atoms with Crippen LogP contribution < -0.4 is 5.32 Å². The molecule has 3 aromatic heterocycles. The van der Waals surface area contributed by atoms with Crippen molar-refractivity contribution < 1.29 is 9.18 Å². The van der Waals surface area contributed by atoms with Crippen LogP contribution >= 0.6 is 11.3 Å². The van der Waals surface area contributed by atoms with Gasteiger partial charge >= 0.3 is 0 Å². The van der Waals surface area contributed by atoms with Gasteiger partial charge in [-0.2, -0.15) is 0 Å². The highest BCUT2D eigenvalue weighted by Crippen LogP contribution is 2.32. The molecule has 4 aromatic rings. The van der Waals surface area contributed by atoms with E-state index in [4.69, 9.17) is 0 Å². The molecule has 0 aliphatic heterocycles. The van der Waals surface area contributed by atoms with Crippen molar-refractivity contribution in [2.24, 2.45) is 0 Å². The first kappa shape index (κ1) is 18.3. The zero-order valence-corrected chi connectivity index (χ0v) is 16.4. The summed E-state index contributed by atoms with van der Waals surface area (Å²) in [5, 5.41) is 6.64. The summed E-state index contributed by atoms with van der Waals surface area (Å²) in [6.07, 6.45) is 4.01. The smallest absolute Gasteiger partial charge is 0.230 e. The largest absolute Gasteiger partial charge is 0.332 e. The fourth-order valence-electron chi connectivity index (χ4n) is 3.17. The highest BCUT2D eigenvalue weighted by atomic mass is 32.1. The van der Waals surface area contributed by atoms with Crippen LogP contribution in [0.1, 0.15) is 18.2 Å². The Hall–Kier alpha value is -3.06. The number of hydrogen-bond acceptors (Lipinski definition) is 4. The number of fused-ring (bicyclic) bond motifs is 1. The Balaban J connectivity index is 1.54. The molecule has 3 heterocycles. The van der Waals surface area contributed by atoms with E-state index in [1.807, 2.05) is 17.5 Å². The molecule has 0 spiro atoms. The van der Waals surface area contributed by atoms with Gasteiger partial charge in [-0.25, -0.2) is 14.4 Å². The van der Waals surface area contributed by atoms with Crippen LogP contribution in [0.2, 0.25) is 0 Å². The Morgan fingerprint density at radius 3 is 2.96 bits per heavy atom. The van der Waals surface area contributed by atoms with Crippen molar-refractivity contribution in [3.05, 3.63) is 65.2 Å². The predicted molar refractivity (Wildman–Crippen MR) is 110 cm³/mol. The van der Waals surface area contributed by atoms with Gasteiger partial charge in [0.1, 0.15) is 16.5 Å². The summed E-state index contributed by atoms with van der Waals surface area (Å²) in [5.74, 6) is -0.496. The molecular weight excluding hydrogens is 375 g/mol. The molecule has 0 bridgehead atoms. The van der Waals surface area contributed by atoms with Gasteiger partial charge in [-0.05, 0) is 49.7 Å². The summed E-state index contributed by atoms with van der Waals surface area (Å²) in [4.78, 5) is 21.5. The maximum Gasteiger partial charge on any atom is 0.230 e. The van der Waals surface area contributed by atoms with Crippen LogP contribution in [0.15, 0.2) is 48.1 Å². The van der Waals surface area contributed by atoms with Gasteiger partial charge in [-0.1, -0.05) is 0 Å². The van der Waals surface area contributed by atoms with Gasteiger partial charge in [0.25, 0.3) is 0 Å². The zero-order valence-electron chi connectivity index (χ0n) is 15.6. The van der Waals surface area contributed by atoms with E-state index in [0.29, 0.717) is 16.9 Å². The number of aryl methyl sites for hydroxylation is 2. The van der Waals surface area contributed by atoms with E-state index < -0.39 is 0 Å². The SMILES string of the molecule is CCn1cc(-c2nc(CC(=O)Nc3ccc(F)cc3C)cs2)c2cccnc21. The molecule has 28 heavy (non-hydrogen) atoms. The lowest BCUT2D eigenvalue weighted by atomic mass is 10.2. The van der Waals surface area contributed by atoms with E-state index in [0.717, 1.165) is 28.1 Å². The van der Waals surface area contributed by atoms with Crippen molar-refractivity contribution >= 4 is 34.0 Å². The molecule has 142 valence electrons. The highest BCUT2D eigenvalue weighted by Gasteiger charge is 2.15. The number of nitrogens with one attached hydrogen (secondary N) is 1. The third-order valence-electron chi connectivity index (χ3n) is 4.56. The molecule has 0 aliphatic carbocycles. The Morgan fingerprint density at radius 2 is 2.18 bits per heavy atom. The molecule has 0 saturated carbocycles. The van der Waals surface area contributed by atoms with E-state index in [9.17, 15) is 9.18 Å². The maximum atomic E-state index is 13.2. The molecule has 1 N–H and O–H groups in total. The van der Waals surface area contributed by atoms with Crippen molar-refractivity contribution in [1.29, 1.82) is 0 Å². The summed E-state index contributed by atoms with van der Waals surface area (Å²) in [5.41, 5.74) is 3.96. The predicted octanol–water partition coefficient (Wildman–Crippen LogP) is 4.81. The van der Waals surface area contributed by atoms with Crippen molar-refractivity contribution in [2.45, 2.75) is 26.8 Å². The molecule has 0 aliphatic rings. The molecule has 1 aromatic carbocycles. The topological polar surface area (TPSA) is 59.8 Å². The van der Waals surface area contributed by atoms with Crippen LogP contribution in [0.5, 0.6) is 0 Å². The normalized spacial score (nSPS) is 11.1. The van der Waals surface area contributed by atoms with Crippen molar-refractivity contribution in [3.8, 4) is 10.6 Å². The van der Waals surface area contributed by atoms with Gasteiger partial charge in [0, 0.05) is 41.0 Å². The Kier molecular flexibility index (Phi) is 4.92. The standard InChI is InChI=1S/C21H19FN4OS/c1-3-26-11-17(16-5-4-8-23-20(16)26)21-24-15(12-28-21)10-19(27)25-18-7-6-14(22)9-13(18)2/h4-9,11-12H,3,10H2,1-2H3,(H,25,27). The maximum absolute atomic E-state index is 13.2. The van der Waals surface area contributed by atoms with E-state index in [1.54, 1.807) is 19.2 Å². The number of amides is 1. The number of halogens is 1. The van der Waals surface area contributed by atoms with Crippen LogP contribution in [-0.2, 0) is 17.8 Å². The van der Waals surface area contributed by atoms with Crippen LogP contribution in [0.4, 0.5) is 10.1 Å². The van der Waals surface area contributed by atoms with Gasteiger partial charge in [-0.15, -0.1) is 11.3 Å². The zero-order chi connectivity index (χ0) is 19.7. The first-order valence-electron chi connectivity index (χ1n) is 8.99. The number of carbonyl (C=O) groups excluding carboxylic acids is 1. The number of thiazole rings is 1. The molecule has 4 rings (SSSR count). The summed E-state index contributed by atoms with van der Waals surface area (Å²) < 4.78 is 15.3. The quantitative estimate of drug-likeness (QED) is 0.528. The van der Waals surface area contributed by atoms with Crippen molar-refractivity contribution in [2.75, 3.05) is 5.32 Å². The summed E-state index contributed by atoms with van der Waals surface area (Å²) in [6, 6.07) is 8.25. The molecule has 0 atom stereocenters. The average Bonchev–Trinajstić information content (AvgIpc) is 3.28. The second-order valence-corrected chi connectivity index (χ2v) is 7.39. The summed E-state index contributed by atoms with van der Waals surface area (Å²) in [7, 11) is 0. The minimum atomic E-state index is -0.319. The van der Waals surface area contributed by atoms with E-state index >= 15 is 0 Å². The molecular formula is C21H19FN4OS. The minimum absolute atomic E-state index is 0.165. The Labute approximate surface area is 165 Å². The van der Waals surface area contributed by atoms with Gasteiger partial charge in [-0.3, -0.25) is 4.79 Å². The van der Waals surface area contributed by atoms with E-state index in [-0.39, 0.29) is 18.1 Å². The lowest BCUT2D eigenvalue weighted by Crippen LogP contribution is -2.15. The lowest BCUT2D eigenvalue weighted by Gasteiger charge is -2.07. The number of aromatic nitrogens is 3. The molecule has 0 unspecified atom stereocenters. The molecule has 0 radical (unpaired) electrons. The fourth-order valence-corrected chi connectivity index (χ4v) is 4.02. The number of carbonyl (C=O) groups is 1. The van der Waals surface area contributed by atoms with Crippen LogP contribution in [0, 0.1) is 12.7 Å². The van der Waals surface area contributed by atoms with E-state index in [2.05, 4.69) is 33.0 Å². The van der Waals surface area contributed by atoms with Crippen LogP contribution in [0.3, 0.4) is 0 Å². The number of benzene rings is 1. The first-order chi connectivity index (χ1) is 13.5. The number of nitrogens with zero attached hydrogens (tertiary/aromatic N) is 3. The molecule has 1 amide bonds. The molecule has 7 heteroatoms. The van der Waals surface area contributed by atoms with Gasteiger partial charge < -0.3 is 9.88 Å². The Morgan fingerprint density at radius 1 is 1.32 bits per heavy atom. The number of rotatable bonds is 5. The van der Waals surface area contributed by atoms with Gasteiger partial charge in [0.15, 0.2) is 0 Å². The first-order valence-corrected chi connectivity index (χ1v) is 9.87. The number of anilines is 1. The molecule has 5 nitrogen and oxygen atoms in total. The summed E-state index contributed by atoms with van der Waals surface area (Å²) in [6.45, 7) is 4.66. The third-order valence-corrected chi connectivity index (χ3v) is 5.49. The van der Waals surface area contributed by atoms with E-state index in [1.165, 1.54) is 23.5 Å².